The molecule has 3 heterocycles. The molecule has 0 aliphatic carbocycles. The molecule has 0 spiro atoms. The van der Waals surface area contributed by atoms with E-state index in [0.29, 0.717) is 0 Å². The Morgan fingerprint density at radius 1 is 1.00 bits per heavy atom. The van der Waals surface area contributed by atoms with E-state index in [9.17, 15) is 0 Å². The summed E-state index contributed by atoms with van der Waals surface area (Å²) >= 11 is 1.10. The zero-order valence-electron chi connectivity index (χ0n) is 13.0. The number of aromatic amines is 1. The molecule has 2 aliphatic rings. The van der Waals surface area contributed by atoms with Crippen LogP contribution in [-0.2, 0) is 17.9 Å². The number of hydrogen-bond donors (Lipinski definition) is 1. The number of allylic oxidation sites excluding steroid dienone is 6. The summed E-state index contributed by atoms with van der Waals surface area (Å²) in [5.74, 6) is 0. The van der Waals surface area contributed by atoms with Gasteiger partial charge in [0, 0.05) is 0 Å². The summed E-state index contributed by atoms with van der Waals surface area (Å²) in [5, 5.41) is 0. The minimum absolute atomic E-state index is 0.264. The first-order valence-electron chi connectivity index (χ1n) is 7.43. The molecule has 0 fully saturated rings. The van der Waals surface area contributed by atoms with Gasteiger partial charge in [0.2, 0.25) is 0 Å². The maximum atomic E-state index is 7.54. The Kier molecular flexibility index (Phi) is 4.92. The van der Waals surface area contributed by atoms with E-state index in [1.807, 2.05) is 48.6 Å². The molecular formula is C19H14N4Zn-2. The van der Waals surface area contributed by atoms with Gasteiger partial charge in [-0.25, -0.2) is 0 Å². The molecule has 2 N–H and O–H groups in total. The molecule has 3 rings (SSSR count). The van der Waals surface area contributed by atoms with Crippen molar-refractivity contribution in [1.82, 2.24) is 4.98 Å². The van der Waals surface area contributed by atoms with E-state index < -0.39 is 0 Å². The molecule has 1 aromatic heterocycles. The number of H-pyrrole nitrogens is 1. The van der Waals surface area contributed by atoms with E-state index in [-0.39, 0.29) is 5.70 Å². The van der Waals surface area contributed by atoms with Crippen molar-refractivity contribution in [3.8, 4) is 0 Å². The van der Waals surface area contributed by atoms with Crippen LogP contribution in [0.25, 0.3) is 17.9 Å². The van der Waals surface area contributed by atoms with Crippen LogP contribution in [0.5, 0.6) is 0 Å². The fraction of sp³-hybridized carbons (Fsp3) is 0. The third-order valence-corrected chi connectivity index (χ3v) is 4.27. The molecule has 0 aromatic carbocycles. The van der Waals surface area contributed by atoms with E-state index in [0.717, 1.165) is 52.1 Å². The van der Waals surface area contributed by atoms with Crippen molar-refractivity contribution >= 4 is 28.2 Å². The standard InChI is InChI=1S/C19H14N4.Zn/c1-3-14(20)10-15-6-7-18(22-15)12-19-9-8-17(23-19)11-16-5-4-13(2)21-16;/h1-12,20,22H;/q-2;. The molecule has 0 atom stereocenters. The summed E-state index contributed by atoms with van der Waals surface area (Å²) in [5.41, 5.74) is 13.3. The zero-order chi connectivity index (χ0) is 16.9. The number of aliphatic imine (C=N–C) groups is 2. The molecular weight excluding hydrogens is 350 g/mol. The normalized spacial score (nSPS) is 20.0. The van der Waals surface area contributed by atoms with Crippen molar-refractivity contribution in [2.75, 3.05) is 0 Å². The van der Waals surface area contributed by atoms with E-state index in [1.54, 1.807) is 6.08 Å². The average Bonchev–Trinajstić information content (AvgIpc) is 3.30. The van der Waals surface area contributed by atoms with Gasteiger partial charge in [0.15, 0.2) is 0 Å². The van der Waals surface area contributed by atoms with Crippen LogP contribution in [0.15, 0.2) is 75.7 Å². The zero-order valence-corrected chi connectivity index (χ0v) is 16.0. The summed E-state index contributed by atoms with van der Waals surface area (Å²) in [6.07, 6.45) is 14.8. The first kappa shape index (κ1) is 16.2. The van der Waals surface area contributed by atoms with E-state index >= 15 is 0 Å². The van der Waals surface area contributed by atoms with Crippen LogP contribution in [0, 0.1) is 6.58 Å². The predicted molar refractivity (Wildman–Crippen MR) is 97.2 cm³/mol. The second kappa shape index (κ2) is 7.28. The van der Waals surface area contributed by atoms with E-state index in [2.05, 4.69) is 19.6 Å². The number of aromatic nitrogens is 1. The molecule has 24 heavy (non-hydrogen) atoms. The Labute approximate surface area is 150 Å². The Morgan fingerprint density at radius 2 is 1.67 bits per heavy atom. The number of rotatable bonds is 5. The number of nitrogens with one attached hydrogen (secondary N) is 2. The Hall–Kier alpha value is -2.65. The van der Waals surface area contributed by atoms with Gasteiger partial charge in [-0.2, -0.15) is 0 Å². The summed E-state index contributed by atoms with van der Waals surface area (Å²) in [4.78, 5) is 12.3. The van der Waals surface area contributed by atoms with Crippen molar-refractivity contribution in [2.24, 2.45) is 9.98 Å². The quantitative estimate of drug-likeness (QED) is 0.467. The number of hydrogen-bond acceptors (Lipinski definition) is 2. The molecule has 0 amide bonds. The van der Waals surface area contributed by atoms with Crippen molar-refractivity contribution in [2.45, 2.75) is 0 Å². The average molecular weight is 364 g/mol. The summed E-state index contributed by atoms with van der Waals surface area (Å²) in [6, 6.07) is 3.85. The van der Waals surface area contributed by atoms with Gasteiger partial charge in [-0.3, -0.25) is 12.7 Å². The molecule has 0 saturated carbocycles. The summed E-state index contributed by atoms with van der Waals surface area (Å²) in [6.45, 7) is 5.31. The predicted octanol–water partition coefficient (Wildman–Crippen LogP) is 3.99. The molecule has 114 valence electrons. The van der Waals surface area contributed by atoms with Gasteiger partial charge in [0.25, 0.3) is 0 Å². The third-order valence-electron chi connectivity index (χ3n) is 3.40. The molecule has 0 unspecified atom stereocenters. The molecule has 1 aromatic rings. The fourth-order valence-corrected chi connectivity index (χ4v) is 2.75. The molecule has 0 radical (unpaired) electrons. The Balaban J connectivity index is 1.76. The van der Waals surface area contributed by atoms with Gasteiger partial charge in [-0.15, -0.1) is 6.08 Å². The third kappa shape index (κ3) is 4.00. The van der Waals surface area contributed by atoms with Crippen LogP contribution < -0.4 is 0 Å². The first-order chi connectivity index (χ1) is 11.7. The van der Waals surface area contributed by atoms with Gasteiger partial charge >= 0.3 is 120 Å². The van der Waals surface area contributed by atoms with Crippen molar-refractivity contribution < 1.29 is 17.9 Å². The van der Waals surface area contributed by atoms with Gasteiger partial charge in [-0.05, 0) is 0 Å². The van der Waals surface area contributed by atoms with Crippen LogP contribution in [0.1, 0.15) is 11.4 Å². The fourth-order valence-electron chi connectivity index (χ4n) is 2.27. The van der Waals surface area contributed by atoms with Gasteiger partial charge in [0.05, 0.1) is 0 Å². The summed E-state index contributed by atoms with van der Waals surface area (Å²) < 4.78 is 2.09. The summed E-state index contributed by atoms with van der Waals surface area (Å²) in [7, 11) is 0. The molecule has 5 heteroatoms. The van der Waals surface area contributed by atoms with Crippen molar-refractivity contribution in [3.63, 3.8) is 0 Å². The van der Waals surface area contributed by atoms with E-state index in [4.69, 9.17) is 12.3 Å². The molecule has 0 saturated heterocycles. The minimum atomic E-state index is 0.264. The van der Waals surface area contributed by atoms with Crippen LogP contribution in [0.3, 0.4) is 0 Å². The maximum absolute atomic E-state index is 7.54. The topological polar surface area (TPSA) is 64.3 Å². The van der Waals surface area contributed by atoms with E-state index in [1.165, 1.54) is 6.08 Å². The van der Waals surface area contributed by atoms with Crippen LogP contribution in [0.4, 0.5) is 0 Å². The first-order valence-corrected chi connectivity index (χ1v) is 9.14. The molecule has 4 nitrogen and oxygen atoms in total. The Morgan fingerprint density at radius 3 is 2.38 bits per heavy atom. The van der Waals surface area contributed by atoms with Crippen LogP contribution >= 0.6 is 0 Å². The van der Waals surface area contributed by atoms with Crippen LogP contribution in [-0.4, -0.2) is 21.0 Å². The van der Waals surface area contributed by atoms with Crippen LogP contribution in [0.2, 0.25) is 0 Å². The Bertz CT molecular complexity index is 902. The van der Waals surface area contributed by atoms with Crippen molar-refractivity contribution in [3.05, 3.63) is 89.4 Å². The SMILES string of the molecule is [CH-]=CC([NH-])=Cc1ccc(C=C2C=CC(C=C3C=CC([CH]=[Zn])=N3)=N2)[nH]1. The monoisotopic (exact) mass is 362 g/mol. The van der Waals surface area contributed by atoms with Gasteiger partial charge in [0.1, 0.15) is 0 Å². The second-order valence-electron chi connectivity index (χ2n) is 5.22. The second-order valence-corrected chi connectivity index (χ2v) is 6.07. The van der Waals surface area contributed by atoms with Crippen molar-refractivity contribution in [1.29, 1.82) is 0 Å². The van der Waals surface area contributed by atoms with Gasteiger partial charge < -0.3 is 11.4 Å². The molecule has 2 aliphatic heterocycles. The number of nitrogens with zero attached hydrogens (tertiary/aromatic N) is 2. The van der Waals surface area contributed by atoms with Gasteiger partial charge in [-0.1, -0.05) is 0 Å². The molecule has 0 bridgehead atoms.